The third kappa shape index (κ3) is 5.75. The molecule has 0 radical (unpaired) electrons. The molecule has 1 fully saturated rings. The summed E-state index contributed by atoms with van der Waals surface area (Å²) in [4.78, 5) is 47.4. The second kappa shape index (κ2) is 9.63. The molecule has 8 nitrogen and oxygen atoms in total. The monoisotopic (exact) mass is 373 g/mol. The Bertz CT molecular complexity index is 736. The number of esters is 1. The van der Waals surface area contributed by atoms with E-state index in [-0.39, 0.29) is 17.7 Å². The zero-order chi connectivity index (χ0) is 19.8. The minimum absolute atomic E-state index is 0.135. The van der Waals surface area contributed by atoms with Gasteiger partial charge in [-0.05, 0) is 18.4 Å². The fourth-order valence-electron chi connectivity index (χ4n) is 2.62. The molecule has 0 aliphatic carbocycles. The van der Waals surface area contributed by atoms with E-state index in [0.717, 1.165) is 32.4 Å². The van der Waals surface area contributed by atoms with Gasteiger partial charge in [0.15, 0.2) is 0 Å². The summed E-state index contributed by atoms with van der Waals surface area (Å²) < 4.78 is 4.44. The van der Waals surface area contributed by atoms with E-state index in [0.29, 0.717) is 5.56 Å². The number of Topliss-reactive ketones (excluding diaryl/α,β-unsaturated/α-hetero) is 1. The van der Waals surface area contributed by atoms with Crippen LogP contribution in [0.5, 0.6) is 0 Å². The molecule has 1 aromatic carbocycles. The lowest BCUT2D eigenvalue weighted by Crippen LogP contribution is -2.47. The highest BCUT2D eigenvalue weighted by Crippen LogP contribution is 2.14. The van der Waals surface area contributed by atoms with Crippen LogP contribution in [-0.4, -0.2) is 55.3 Å². The maximum atomic E-state index is 12.3. The molecule has 0 spiro atoms. The van der Waals surface area contributed by atoms with E-state index >= 15 is 0 Å². The maximum Gasteiger partial charge on any atom is 0.325 e. The normalized spacial score (nSPS) is 14.1. The van der Waals surface area contributed by atoms with Crippen molar-refractivity contribution in [1.82, 2.24) is 15.8 Å². The zero-order valence-electron chi connectivity index (χ0n) is 15.2. The molecule has 1 aliphatic heterocycles. The van der Waals surface area contributed by atoms with E-state index in [9.17, 15) is 19.2 Å². The maximum absolute atomic E-state index is 12.3. The van der Waals surface area contributed by atoms with E-state index in [1.807, 2.05) is 0 Å². The summed E-state index contributed by atoms with van der Waals surface area (Å²) in [5.41, 5.74) is 3.46. The van der Waals surface area contributed by atoms with E-state index in [2.05, 4.69) is 22.1 Å². The van der Waals surface area contributed by atoms with Gasteiger partial charge in [-0.15, -0.1) is 0 Å². The lowest BCUT2D eigenvalue weighted by atomic mass is 10.0. The van der Waals surface area contributed by atoms with Gasteiger partial charge in [-0.3, -0.25) is 24.6 Å². The highest BCUT2D eigenvalue weighted by atomic mass is 16.5. The molecule has 1 saturated heterocycles. The summed E-state index contributed by atoms with van der Waals surface area (Å²) in [6.07, 6.45) is 3.10. The van der Waals surface area contributed by atoms with Crippen LogP contribution >= 0.6 is 0 Å². The first-order chi connectivity index (χ1) is 12.9. The third-order valence-electron chi connectivity index (χ3n) is 4.21. The number of benzene rings is 1. The molecule has 2 N–H and O–H groups in total. The van der Waals surface area contributed by atoms with Crippen LogP contribution in [0.25, 0.3) is 5.57 Å². The van der Waals surface area contributed by atoms with E-state index in [1.165, 1.54) is 31.4 Å². The van der Waals surface area contributed by atoms with Gasteiger partial charge >= 0.3 is 11.9 Å². The summed E-state index contributed by atoms with van der Waals surface area (Å²) in [5.74, 6) is -2.42. The second-order valence-corrected chi connectivity index (χ2v) is 6.13. The molecule has 1 heterocycles. The van der Waals surface area contributed by atoms with Crippen LogP contribution in [-0.2, 0) is 19.1 Å². The van der Waals surface area contributed by atoms with Crippen LogP contribution in [0.3, 0.4) is 0 Å². The van der Waals surface area contributed by atoms with E-state index in [1.54, 1.807) is 5.01 Å². The lowest BCUT2D eigenvalue weighted by Gasteiger charge is -2.26. The first-order valence-corrected chi connectivity index (χ1v) is 8.67. The first kappa shape index (κ1) is 20.3. The van der Waals surface area contributed by atoms with Crippen molar-refractivity contribution in [1.29, 1.82) is 0 Å². The van der Waals surface area contributed by atoms with Crippen molar-refractivity contribution in [3.05, 3.63) is 42.0 Å². The van der Waals surface area contributed by atoms with Crippen molar-refractivity contribution in [2.45, 2.75) is 19.3 Å². The highest BCUT2D eigenvalue weighted by Gasteiger charge is 2.20. The second-order valence-electron chi connectivity index (χ2n) is 6.13. The number of nitrogens with zero attached hydrogens (tertiary/aromatic N) is 1. The number of ketones is 1. The summed E-state index contributed by atoms with van der Waals surface area (Å²) in [6, 6.07) is 5.99. The van der Waals surface area contributed by atoms with Gasteiger partial charge in [0.1, 0.15) is 6.54 Å². The summed E-state index contributed by atoms with van der Waals surface area (Å²) >= 11 is 0. The number of nitrogens with one attached hydrogen (secondary N) is 2. The molecule has 27 heavy (non-hydrogen) atoms. The molecule has 2 amide bonds. The third-order valence-corrected chi connectivity index (χ3v) is 4.21. The molecule has 144 valence electrons. The molecule has 8 heteroatoms. The SMILES string of the molecule is C=C(C(=O)NCC(=O)OC)c1ccc(C(=O)C(=O)NN2CCCCC2)cc1. The van der Waals surface area contributed by atoms with Gasteiger partial charge in [-0.1, -0.05) is 37.3 Å². The van der Waals surface area contributed by atoms with Crippen LogP contribution in [0.4, 0.5) is 0 Å². The molecule has 0 atom stereocenters. The number of hydrogen-bond acceptors (Lipinski definition) is 6. The van der Waals surface area contributed by atoms with Crippen LogP contribution in [0.1, 0.15) is 35.2 Å². The number of ether oxygens (including phenoxy) is 1. The van der Waals surface area contributed by atoms with E-state index < -0.39 is 23.6 Å². The van der Waals surface area contributed by atoms with Gasteiger partial charge in [-0.2, -0.15) is 0 Å². The molecule has 1 aliphatic rings. The number of hydrogen-bond donors (Lipinski definition) is 2. The molecule has 0 aromatic heterocycles. The fraction of sp³-hybridized carbons (Fsp3) is 0.368. The Hall–Kier alpha value is -3.00. The number of hydrazine groups is 1. The van der Waals surface area contributed by atoms with Crippen molar-refractivity contribution in [2.75, 3.05) is 26.7 Å². The average Bonchev–Trinajstić information content (AvgIpc) is 2.71. The van der Waals surface area contributed by atoms with Crippen molar-refractivity contribution < 1.29 is 23.9 Å². The zero-order valence-corrected chi connectivity index (χ0v) is 15.2. The number of methoxy groups -OCH3 is 1. The van der Waals surface area contributed by atoms with Crippen molar-refractivity contribution in [3.8, 4) is 0 Å². The molecular formula is C19H23N3O5. The minimum Gasteiger partial charge on any atom is -0.468 e. The standard InChI is InChI=1S/C19H23N3O5/c1-13(18(25)20-12-16(23)27-2)14-6-8-15(9-7-14)17(24)19(26)21-22-10-4-3-5-11-22/h6-9H,1,3-5,10-12H2,2H3,(H,20,25)(H,21,26). The Balaban J connectivity index is 1.93. The van der Waals surface area contributed by atoms with Crippen molar-refractivity contribution in [2.24, 2.45) is 0 Å². The molecule has 2 rings (SSSR count). The Kier molecular flexibility index (Phi) is 7.25. The topological polar surface area (TPSA) is 105 Å². The predicted octanol–water partition coefficient (Wildman–Crippen LogP) is 0.689. The predicted molar refractivity (Wildman–Crippen MR) is 98.4 cm³/mol. The Morgan fingerprint density at radius 1 is 1.00 bits per heavy atom. The summed E-state index contributed by atoms with van der Waals surface area (Å²) in [7, 11) is 1.22. The smallest absolute Gasteiger partial charge is 0.325 e. The van der Waals surface area contributed by atoms with Crippen LogP contribution in [0.2, 0.25) is 0 Å². The van der Waals surface area contributed by atoms with Gasteiger partial charge in [0, 0.05) is 24.2 Å². The van der Waals surface area contributed by atoms with Crippen molar-refractivity contribution in [3.63, 3.8) is 0 Å². The minimum atomic E-state index is -0.681. The molecule has 0 saturated carbocycles. The van der Waals surface area contributed by atoms with Crippen LogP contribution in [0.15, 0.2) is 30.8 Å². The molecule has 0 bridgehead atoms. The van der Waals surface area contributed by atoms with Crippen LogP contribution < -0.4 is 10.7 Å². The largest absolute Gasteiger partial charge is 0.468 e. The molecular weight excluding hydrogens is 350 g/mol. The lowest BCUT2D eigenvalue weighted by molar-refractivity contribution is -0.140. The summed E-state index contributed by atoms with van der Waals surface area (Å²) in [6.45, 7) is 4.89. The van der Waals surface area contributed by atoms with Gasteiger partial charge in [0.2, 0.25) is 0 Å². The Morgan fingerprint density at radius 2 is 1.59 bits per heavy atom. The molecule has 0 unspecified atom stereocenters. The van der Waals surface area contributed by atoms with Gasteiger partial charge in [0.05, 0.1) is 7.11 Å². The average molecular weight is 373 g/mol. The fourth-order valence-corrected chi connectivity index (χ4v) is 2.62. The highest BCUT2D eigenvalue weighted by molar-refractivity contribution is 6.42. The van der Waals surface area contributed by atoms with Crippen LogP contribution in [0, 0.1) is 0 Å². The Labute approximate surface area is 157 Å². The Morgan fingerprint density at radius 3 is 2.19 bits per heavy atom. The van der Waals surface area contributed by atoms with E-state index in [4.69, 9.17) is 0 Å². The van der Waals surface area contributed by atoms with Gasteiger partial charge in [0.25, 0.3) is 11.7 Å². The summed E-state index contributed by atoms with van der Waals surface area (Å²) in [5, 5.41) is 4.14. The number of piperidine rings is 1. The molecule has 1 aromatic rings. The number of rotatable bonds is 7. The first-order valence-electron chi connectivity index (χ1n) is 8.67. The quantitative estimate of drug-likeness (QED) is 0.315. The van der Waals surface area contributed by atoms with Gasteiger partial charge < -0.3 is 10.1 Å². The van der Waals surface area contributed by atoms with Crippen molar-refractivity contribution >= 4 is 29.1 Å². The number of amides is 2. The van der Waals surface area contributed by atoms with Gasteiger partial charge in [-0.25, -0.2) is 5.01 Å². The number of carbonyl (C=O) groups is 4. The number of carbonyl (C=O) groups excluding carboxylic acids is 4.